The molecule has 0 bridgehead atoms. The molecule has 212 valence electrons. The molecule has 5 rings (SSSR count). The molecule has 0 amide bonds. The fraction of sp³-hybridized carbons (Fsp3) is 0.524. The molecule has 0 saturated carbocycles. The second-order valence-corrected chi connectivity index (χ2v) is 15.2. The Morgan fingerprint density at radius 1 is 1.18 bits per heavy atom. The number of rotatable bonds is 8. The Morgan fingerprint density at radius 2 is 1.90 bits per heavy atom. The smallest absolute Gasteiger partial charge is 0.345 e. The maximum Gasteiger partial charge on any atom is 0.345 e. The first-order chi connectivity index (χ1) is 18.2. The molecule has 1 aliphatic heterocycles. The van der Waals surface area contributed by atoms with Crippen LogP contribution < -0.4 is 5.32 Å². The summed E-state index contributed by atoms with van der Waals surface area (Å²) in [5.74, 6) is 0.312. The minimum atomic E-state index is -5.04. The van der Waals surface area contributed by atoms with Crippen LogP contribution in [0.2, 0.25) is 5.28 Å². The second-order valence-electron chi connectivity index (χ2n) is 9.88. The van der Waals surface area contributed by atoms with Gasteiger partial charge in [0.2, 0.25) is 5.28 Å². The molecule has 6 atom stereocenters. The summed E-state index contributed by atoms with van der Waals surface area (Å²) in [5, 5.41) is 32.6. The Kier molecular flexibility index (Phi) is 7.39. The molecule has 1 fully saturated rings. The van der Waals surface area contributed by atoms with Crippen molar-refractivity contribution in [1.29, 1.82) is 0 Å². The third-order valence-corrected chi connectivity index (χ3v) is 12.2. The summed E-state index contributed by atoms with van der Waals surface area (Å²) in [6, 6.07) is 7.96. The van der Waals surface area contributed by atoms with Crippen LogP contribution in [0.1, 0.15) is 43.7 Å². The number of halogens is 1. The molecule has 6 N–H and O–H groups in total. The van der Waals surface area contributed by atoms with E-state index in [0.29, 0.717) is 5.82 Å². The van der Waals surface area contributed by atoms with Crippen LogP contribution in [0.4, 0.5) is 5.82 Å². The minimum Gasteiger partial charge on any atom is -0.387 e. The molecular weight excluding hydrogens is 578 g/mol. The number of nitrogens with one attached hydrogen (secondary N) is 1. The van der Waals surface area contributed by atoms with Crippen molar-refractivity contribution in [2.45, 2.75) is 62.2 Å². The average molecular weight is 605 g/mol. The zero-order valence-corrected chi connectivity index (χ0v) is 23.2. The normalized spacial score (nSPS) is 27.0. The topological polar surface area (TPSA) is 222 Å². The van der Waals surface area contributed by atoms with E-state index in [0.717, 1.165) is 36.9 Å². The molecule has 3 aromatic rings. The Hall–Kier alpha value is -2.03. The molecule has 1 aromatic carbocycles. The van der Waals surface area contributed by atoms with Crippen molar-refractivity contribution in [3.05, 3.63) is 40.7 Å². The van der Waals surface area contributed by atoms with Crippen LogP contribution in [0.25, 0.3) is 11.2 Å². The van der Waals surface area contributed by atoms with Crippen LogP contribution >= 0.6 is 26.8 Å². The number of anilines is 1. The highest BCUT2D eigenvalue weighted by Gasteiger charge is 2.55. The van der Waals surface area contributed by atoms with E-state index in [1.54, 1.807) is 0 Å². The average Bonchev–Trinajstić information content (AvgIpc) is 3.54. The highest BCUT2D eigenvalue weighted by atomic mass is 35.5. The number of aliphatic hydroxyl groups is 2. The molecule has 0 radical (unpaired) electrons. The third kappa shape index (κ3) is 5.02. The van der Waals surface area contributed by atoms with Crippen LogP contribution in [-0.4, -0.2) is 79.7 Å². The highest BCUT2D eigenvalue weighted by molar-refractivity contribution is 7.72. The van der Waals surface area contributed by atoms with Crippen molar-refractivity contribution in [1.82, 2.24) is 25.0 Å². The van der Waals surface area contributed by atoms with Crippen molar-refractivity contribution in [3.8, 4) is 0 Å². The van der Waals surface area contributed by atoms with Crippen molar-refractivity contribution in [2.24, 2.45) is 0 Å². The van der Waals surface area contributed by atoms with E-state index in [2.05, 4.69) is 31.7 Å². The minimum absolute atomic E-state index is 0.0521. The number of aliphatic hydroxyl groups excluding tert-OH is 2. The lowest BCUT2D eigenvalue weighted by atomic mass is 10.1. The molecule has 1 saturated heterocycles. The van der Waals surface area contributed by atoms with E-state index < -0.39 is 51.2 Å². The summed E-state index contributed by atoms with van der Waals surface area (Å²) >= 11 is 6.19. The molecule has 2 aromatic heterocycles. The zero-order valence-electron chi connectivity index (χ0n) is 20.7. The number of fused-ring (bicyclic) bond motifs is 2. The Morgan fingerprint density at radius 3 is 2.62 bits per heavy atom. The number of benzene rings is 1. The number of nitrogens with zero attached hydrogens (tertiary/aromatic N) is 5. The molecule has 1 unspecified atom stereocenters. The lowest BCUT2D eigenvalue weighted by Crippen LogP contribution is -2.34. The lowest BCUT2D eigenvalue weighted by molar-refractivity contribution is -0.0553. The molecule has 39 heavy (non-hydrogen) atoms. The first kappa shape index (κ1) is 28.5. The summed E-state index contributed by atoms with van der Waals surface area (Å²) < 4.78 is 36.0. The van der Waals surface area contributed by atoms with E-state index in [1.165, 1.54) is 5.56 Å². The highest BCUT2D eigenvalue weighted by Crippen LogP contribution is 2.71. The summed E-state index contributed by atoms with van der Waals surface area (Å²) in [4.78, 5) is 35.1. The monoisotopic (exact) mass is 604 g/mol. The number of hydrogen-bond donors (Lipinski definition) is 6. The van der Waals surface area contributed by atoms with Gasteiger partial charge in [-0.25, -0.2) is 0 Å². The van der Waals surface area contributed by atoms with Crippen molar-refractivity contribution in [2.75, 3.05) is 11.9 Å². The van der Waals surface area contributed by atoms with Gasteiger partial charge in [0.15, 0.2) is 28.1 Å². The maximum absolute atomic E-state index is 12.6. The standard InChI is InChI=1S/C21H27ClN6O9P2/c1-21(2,38(31,32)33)39(34,35)36-9-13-15(29)16(30)19(37-13)28-18-14(26-27-28)17(24-20(22)25-18)23-12-8-7-10-5-3-4-6-11(10)12/h3-6,12-13,15-16,19,29-30H,7-9H2,1-2H3,(H,34,35)(H,23,24,25)(H2,31,32,33)/t12-,13-,15-,16-,19-/m1/s1. The van der Waals surface area contributed by atoms with Crippen LogP contribution in [0, 0.1) is 0 Å². The predicted octanol–water partition coefficient (Wildman–Crippen LogP) is 1.71. The Balaban J connectivity index is 1.37. The van der Waals surface area contributed by atoms with Crippen molar-refractivity contribution < 1.29 is 43.3 Å². The van der Waals surface area contributed by atoms with Gasteiger partial charge in [0.25, 0.3) is 0 Å². The van der Waals surface area contributed by atoms with Gasteiger partial charge in [-0.1, -0.05) is 29.5 Å². The van der Waals surface area contributed by atoms with Crippen LogP contribution in [0.3, 0.4) is 0 Å². The molecule has 15 nitrogen and oxygen atoms in total. The summed E-state index contributed by atoms with van der Waals surface area (Å²) in [7, 11) is -9.95. The molecule has 3 heterocycles. The SMILES string of the molecule is CC(C)(P(=O)(O)O)P(=O)(O)OC[C@H]1O[C@@H](n2nnc3c(N[C@@H]4CCc5ccccc54)nc(Cl)nc32)[C@H](O)[C@@H]1O. The van der Waals surface area contributed by atoms with Gasteiger partial charge < -0.3 is 39.5 Å². The van der Waals surface area contributed by atoms with Gasteiger partial charge in [-0.05, 0) is 49.4 Å². The Bertz CT molecular complexity index is 1500. The van der Waals surface area contributed by atoms with E-state index >= 15 is 0 Å². The molecular formula is C21H27ClN6O9P2. The number of aromatic nitrogens is 5. The third-order valence-electron chi connectivity index (χ3n) is 7.14. The van der Waals surface area contributed by atoms with E-state index in [9.17, 15) is 34.0 Å². The first-order valence-electron chi connectivity index (χ1n) is 11.9. The van der Waals surface area contributed by atoms with E-state index in [-0.39, 0.29) is 22.5 Å². The molecule has 1 aliphatic carbocycles. The molecule has 18 heteroatoms. The fourth-order valence-electron chi connectivity index (χ4n) is 4.51. The van der Waals surface area contributed by atoms with Gasteiger partial charge in [-0.2, -0.15) is 14.6 Å². The quantitative estimate of drug-likeness (QED) is 0.159. The van der Waals surface area contributed by atoms with Gasteiger partial charge in [-0.3, -0.25) is 9.13 Å². The van der Waals surface area contributed by atoms with Gasteiger partial charge >= 0.3 is 15.2 Å². The summed E-state index contributed by atoms with van der Waals surface area (Å²) in [6.45, 7) is 1.01. The predicted molar refractivity (Wildman–Crippen MR) is 137 cm³/mol. The molecule has 0 spiro atoms. The van der Waals surface area contributed by atoms with Gasteiger partial charge in [0, 0.05) is 0 Å². The van der Waals surface area contributed by atoms with Gasteiger partial charge in [0.1, 0.15) is 18.3 Å². The van der Waals surface area contributed by atoms with Gasteiger partial charge in [-0.15, -0.1) is 5.10 Å². The van der Waals surface area contributed by atoms with Crippen molar-refractivity contribution >= 4 is 43.8 Å². The zero-order chi connectivity index (χ0) is 28.3. The van der Waals surface area contributed by atoms with Crippen LogP contribution in [0.5, 0.6) is 0 Å². The number of aryl methyl sites for hydroxylation is 1. The second kappa shape index (κ2) is 10.1. The lowest BCUT2D eigenvalue weighted by Gasteiger charge is -2.30. The number of ether oxygens (including phenoxy) is 1. The Labute approximate surface area is 226 Å². The van der Waals surface area contributed by atoms with Crippen LogP contribution in [-0.2, 0) is 24.8 Å². The molecule has 2 aliphatic rings. The summed E-state index contributed by atoms with van der Waals surface area (Å²) in [5.41, 5.74) is 2.67. The maximum atomic E-state index is 12.6. The summed E-state index contributed by atoms with van der Waals surface area (Å²) in [6.07, 6.45) is -4.21. The van der Waals surface area contributed by atoms with Gasteiger partial charge in [0.05, 0.1) is 12.6 Å². The van der Waals surface area contributed by atoms with E-state index in [4.69, 9.17) is 20.9 Å². The van der Waals surface area contributed by atoms with Crippen molar-refractivity contribution in [3.63, 3.8) is 0 Å². The largest absolute Gasteiger partial charge is 0.387 e. The van der Waals surface area contributed by atoms with Crippen LogP contribution in [0.15, 0.2) is 24.3 Å². The first-order valence-corrected chi connectivity index (χ1v) is 15.5. The fourth-order valence-corrected chi connectivity index (χ4v) is 6.83. The van der Waals surface area contributed by atoms with E-state index in [1.807, 2.05) is 18.2 Å². The number of hydrogen-bond acceptors (Lipinski definition) is 11.